The molecular weight excluding hydrogens is 291 g/mol. The van der Waals surface area contributed by atoms with Crippen molar-refractivity contribution >= 4 is 46.2 Å². The van der Waals surface area contributed by atoms with Gasteiger partial charge in [-0.2, -0.15) is 5.10 Å². The highest BCUT2D eigenvalue weighted by molar-refractivity contribution is 7.80. The zero-order valence-corrected chi connectivity index (χ0v) is 11.8. The number of nitrogens with zero attached hydrogens (tertiary/aromatic N) is 2. The van der Waals surface area contributed by atoms with Crippen LogP contribution in [0, 0.1) is 6.92 Å². The van der Waals surface area contributed by atoms with Gasteiger partial charge in [-0.25, -0.2) is 4.68 Å². The molecule has 0 atom stereocenters. The van der Waals surface area contributed by atoms with Crippen molar-refractivity contribution in [2.45, 2.75) is 6.92 Å². The Balaban J connectivity index is 2.61. The zero-order valence-electron chi connectivity index (χ0n) is 9.45. The lowest BCUT2D eigenvalue weighted by molar-refractivity contribution is 0.872. The van der Waals surface area contributed by atoms with E-state index in [9.17, 15) is 0 Å². The average Bonchev–Trinajstić information content (AvgIpc) is 2.58. The highest BCUT2D eigenvalue weighted by Gasteiger charge is 2.16. The largest absolute Gasteiger partial charge is 0.389 e. The molecule has 0 saturated heterocycles. The molecule has 0 radical (unpaired) electrons. The van der Waals surface area contributed by atoms with Gasteiger partial charge in [-0.3, -0.25) is 0 Å². The van der Waals surface area contributed by atoms with Crippen molar-refractivity contribution in [3.8, 4) is 5.69 Å². The summed E-state index contributed by atoms with van der Waals surface area (Å²) < 4.78 is 1.53. The lowest BCUT2D eigenvalue weighted by Gasteiger charge is -2.06. The second kappa shape index (κ2) is 4.76. The number of aromatic nitrogens is 2. The number of anilines is 1. The molecule has 2 rings (SSSR count). The van der Waals surface area contributed by atoms with Gasteiger partial charge in [-0.15, -0.1) is 0 Å². The van der Waals surface area contributed by atoms with Crippen LogP contribution in [-0.4, -0.2) is 14.8 Å². The molecular formula is C11H10Cl2N4S. The summed E-state index contributed by atoms with van der Waals surface area (Å²) >= 11 is 16.8. The number of hydrogen-bond donors (Lipinski definition) is 2. The number of halogens is 2. The Morgan fingerprint density at radius 1 is 1.33 bits per heavy atom. The van der Waals surface area contributed by atoms with Crippen LogP contribution in [0.25, 0.3) is 5.69 Å². The van der Waals surface area contributed by atoms with Crippen molar-refractivity contribution in [3.63, 3.8) is 0 Å². The van der Waals surface area contributed by atoms with Crippen LogP contribution in [-0.2, 0) is 0 Å². The van der Waals surface area contributed by atoms with Crippen LogP contribution in [0.1, 0.15) is 11.3 Å². The molecule has 0 saturated carbocycles. The summed E-state index contributed by atoms with van der Waals surface area (Å²) in [5.41, 5.74) is 13.5. The first-order valence-corrected chi connectivity index (χ1v) is 6.18. The van der Waals surface area contributed by atoms with Crippen molar-refractivity contribution in [3.05, 3.63) is 39.5 Å². The summed E-state index contributed by atoms with van der Waals surface area (Å²) in [6.45, 7) is 1.79. The van der Waals surface area contributed by atoms with E-state index in [0.717, 1.165) is 0 Å². The highest BCUT2D eigenvalue weighted by atomic mass is 35.5. The molecule has 7 heteroatoms. The lowest BCUT2D eigenvalue weighted by Crippen LogP contribution is -2.13. The molecule has 0 spiro atoms. The van der Waals surface area contributed by atoms with Gasteiger partial charge in [0, 0.05) is 0 Å². The van der Waals surface area contributed by atoms with E-state index in [4.69, 9.17) is 46.9 Å². The van der Waals surface area contributed by atoms with Crippen LogP contribution in [0.5, 0.6) is 0 Å². The number of nitrogen functional groups attached to an aromatic ring is 1. The Morgan fingerprint density at radius 2 is 2.00 bits per heavy atom. The number of rotatable bonds is 2. The van der Waals surface area contributed by atoms with E-state index in [0.29, 0.717) is 32.8 Å². The topological polar surface area (TPSA) is 69.9 Å². The van der Waals surface area contributed by atoms with E-state index < -0.39 is 0 Å². The predicted octanol–water partition coefficient (Wildman–Crippen LogP) is 2.70. The summed E-state index contributed by atoms with van der Waals surface area (Å²) in [5.74, 6) is 0.387. The average molecular weight is 301 g/mol. The van der Waals surface area contributed by atoms with Crippen molar-refractivity contribution in [2.24, 2.45) is 5.73 Å². The molecule has 4 N–H and O–H groups in total. The number of hydrogen-bond acceptors (Lipinski definition) is 3. The molecule has 0 unspecified atom stereocenters. The first-order chi connectivity index (χ1) is 8.41. The normalized spacial score (nSPS) is 10.6. The minimum atomic E-state index is 0.219. The number of nitrogens with two attached hydrogens (primary N) is 2. The quantitative estimate of drug-likeness (QED) is 0.837. The third-order valence-corrected chi connectivity index (χ3v) is 3.43. The first kappa shape index (κ1) is 13.1. The maximum Gasteiger partial charge on any atom is 0.137 e. The molecule has 0 amide bonds. The predicted molar refractivity (Wildman–Crippen MR) is 78.6 cm³/mol. The first-order valence-electron chi connectivity index (χ1n) is 5.02. The van der Waals surface area contributed by atoms with E-state index in [-0.39, 0.29) is 4.99 Å². The Kier molecular flexibility index (Phi) is 3.47. The van der Waals surface area contributed by atoms with Crippen molar-refractivity contribution in [2.75, 3.05) is 5.73 Å². The van der Waals surface area contributed by atoms with Crippen LogP contribution in [0.2, 0.25) is 10.0 Å². The van der Waals surface area contributed by atoms with E-state index in [1.54, 1.807) is 25.1 Å². The van der Waals surface area contributed by atoms with Crippen molar-refractivity contribution < 1.29 is 0 Å². The molecule has 94 valence electrons. The molecule has 4 nitrogen and oxygen atoms in total. The molecule has 0 aliphatic heterocycles. The Labute approximate surface area is 119 Å². The number of thiocarbonyl (C=S) groups is 1. The van der Waals surface area contributed by atoms with Crippen LogP contribution >= 0.6 is 35.4 Å². The van der Waals surface area contributed by atoms with Gasteiger partial charge in [0.05, 0.1) is 27.0 Å². The molecule has 18 heavy (non-hydrogen) atoms. The number of aryl methyl sites for hydroxylation is 1. The molecule has 0 fully saturated rings. The van der Waals surface area contributed by atoms with Gasteiger partial charge >= 0.3 is 0 Å². The second-order valence-electron chi connectivity index (χ2n) is 3.72. The van der Waals surface area contributed by atoms with Gasteiger partial charge < -0.3 is 11.5 Å². The summed E-state index contributed by atoms with van der Waals surface area (Å²) in [6, 6.07) is 5.12. The van der Waals surface area contributed by atoms with Gasteiger partial charge in [0.1, 0.15) is 10.8 Å². The molecule has 1 aromatic carbocycles. The summed E-state index contributed by atoms with van der Waals surface area (Å²) in [6.07, 6.45) is 0. The van der Waals surface area contributed by atoms with E-state index in [1.807, 2.05) is 0 Å². The minimum absolute atomic E-state index is 0.219. The molecule has 2 aromatic rings. The van der Waals surface area contributed by atoms with E-state index in [1.165, 1.54) is 4.68 Å². The molecule has 1 aromatic heterocycles. The monoisotopic (exact) mass is 300 g/mol. The Bertz CT molecular complexity index is 636. The Morgan fingerprint density at radius 3 is 2.50 bits per heavy atom. The molecule has 1 heterocycles. The van der Waals surface area contributed by atoms with Crippen molar-refractivity contribution in [1.82, 2.24) is 9.78 Å². The Hall–Kier alpha value is -1.30. The fraction of sp³-hybridized carbons (Fsp3) is 0.0909. The molecule has 0 bridgehead atoms. The SMILES string of the molecule is Cc1nn(-c2ccc(Cl)c(Cl)c2)c(N)c1C(N)=S. The zero-order chi connectivity index (χ0) is 13.4. The third-order valence-electron chi connectivity index (χ3n) is 2.49. The van der Waals surface area contributed by atoms with Gasteiger partial charge in [-0.05, 0) is 25.1 Å². The van der Waals surface area contributed by atoms with Gasteiger partial charge in [-0.1, -0.05) is 35.4 Å². The summed E-state index contributed by atoms with van der Waals surface area (Å²) in [7, 11) is 0. The lowest BCUT2D eigenvalue weighted by atomic mass is 10.2. The maximum atomic E-state index is 5.98. The van der Waals surface area contributed by atoms with Crippen molar-refractivity contribution in [1.29, 1.82) is 0 Å². The van der Waals surface area contributed by atoms with Gasteiger partial charge in [0.15, 0.2) is 0 Å². The van der Waals surface area contributed by atoms with Gasteiger partial charge in [0.25, 0.3) is 0 Å². The standard InChI is InChI=1S/C11H10Cl2N4S/c1-5-9(11(15)18)10(14)17(16-5)6-2-3-7(12)8(13)4-6/h2-4H,14H2,1H3,(H2,15,18). The maximum absolute atomic E-state index is 5.98. The van der Waals surface area contributed by atoms with Crippen LogP contribution in [0.15, 0.2) is 18.2 Å². The fourth-order valence-electron chi connectivity index (χ4n) is 1.66. The third kappa shape index (κ3) is 2.16. The fourth-order valence-corrected chi connectivity index (χ4v) is 2.21. The minimum Gasteiger partial charge on any atom is -0.389 e. The van der Waals surface area contributed by atoms with Crippen LogP contribution in [0.4, 0.5) is 5.82 Å². The van der Waals surface area contributed by atoms with Gasteiger partial charge in [0.2, 0.25) is 0 Å². The van der Waals surface area contributed by atoms with Crippen LogP contribution in [0.3, 0.4) is 0 Å². The highest BCUT2D eigenvalue weighted by Crippen LogP contribution is 2.27. The van der Waals surface area contributed by atoms with E-state index in [2.05, 4.69) is 5.10 Å². The smallest absolute Gasteiger partial charge is 0.137 e. The number of benzene rings is 1. The van der Waals surface area contributed by atoms with Crippen LogP contribution < -0.4 is 11.5 Å². The van der Waals surface area contributed by atoms with E-state index >= 15 is 0 Å². The molecule has 0 aliphatic carbocycles. The molecule has 0 aliphatic rings. The summed E-state index contributed by atoms with van der Waals surface area (Å²) in [4.78, 5) is 0.219. The summed E-state index contributed by atoms with van der Waals surface area (Å²) in [5, 5.41) is 5.19. The second-order valence-corrected chi connectivity index (χ2v) is 4.97.